The summed E-state index contributed by atoms with van der Waals surface area (Å²) in [4.78, 5) is 5.11. The fourth-order valence-electron chi connectivity index (χ4n) is 3.82. The summed E-state index contributed by atoms with van der Waals surface area (Å²) in [6.45, 7) is 8.27. The van der Waals surface area contributed by atoms with Crippen LogP contribution in [0.15, 0.2) is 24.3 Å². The van der Waals surface area contributed by atoms with E-state index in [-0.39, 0.29) is 0 Å². The molecule has 2 aromatic rings. The van der Waals surface area contributed by atoms with Crippen LogP contribution in [0.25, 0.3) is 10.1 Å². The van der Waals surface area contributed by atoms with Crippen LogP contribution in [0.2, 0.25) is 0 Å². The molecule has 0 bridgehead atoms. The second-order valence-corrected chi connectivity index (χ2v) is 7.64. The number of hydrogen-bond donors (Lipinski definition) is 1. The lowest BCUT2D eigenvalue weighted by Crippen LogP contribution is -2.47. The first-order valence-electron chi connectivity index (χ1n) is 8.92. The smallest absolute Gasteiger partial charge is 0.150 e. The average Bonchev–Trinajstić information content (AvgIpc) is 3.05. The van der Waals surface area contributed by atoms with E-state index in [4.69, 9.17) is 4.37 Å². The molecule has 5 heteroatoms. The third-order valence-corrected chi connectivity index (χ3v) is 6.10. The molecular weight excluding hydrogens is 304 g/mol. The first-order chi connectivity index (χ1) is 11.4. The molecule has 1 aromatic heterocycles. The molecule has 4 rings (SSSR count). The van der Waals surface area contributed by atoms with Gasteiger partial charge < -0.3 is 10.2 Å². The molecule has 1 N–H and O–H groups in total. The van der Waals surface area contributed by atoms with Gasteiger partial charge in [-0.15, -0.1) is 0 Å². The van der Waals surface area contributed by atoms with Crippen LogP contribution in [0.5, 0.6) is 0 Å². The lowest BCUT2D eigenvalue weighted by Gasteiger charge is -2.36. The van der Waals surface area contributed by atoms with E-state index in [9.17, 15) is 0 Å². The van der Waals surface area contributed by atoms with Gasteiger partial charge in [-0.25, -0.2) is 0 Å². The predicted molar refractivity (Wildman–Crippen MR) is 98.5 cm³/mol. The maximum absolute atomic E-state index is 4.70. The number of nitrogens with zero attached hydrogens (tertiary/aromatic N) is 3. The second-order valence-electron chi connectivity index (χ2n) is 6.83. The van der Waals surface area contributed by atoms with Gasteiger partial charge in [0.2, 0.25) is 0 Å². The largest absolute Gasteiger partial charge is 0.353 e. The monoisotopic (exact) mass is 330 g/mol. The van der Waals surface area contributed by atoms with E-state index in [2.05, 4.69) is 39.4 Å². The molecule has 0 radical (unpaired) electrons. The van der Waals surface area contributed by atoms with Crippen molar-refractivity contribution < 1.29 is 0 Å². The molecule has 0 spiro atoms. The molecule has 2 aliphatic rings. The van der Waals surface area contributed by atoms with Crippen LogP contribution in [0.4, 0.5) is 5.82 Å². The lowest BCUT2D eigenvalue weighted by molar-refractivity contribution is 0.226. The topological polar surface area (TPSA) is 31.4 Å². The van der Waals surface area contributed by atoms with Gasteiger partial charge in [0.1, 0.15) is 5.82 Å². The Balaban J connectivity index is 1.30. The first-order valence-corrected chi connectivity index (χ1v) is 9.70. The van der Waals surface area contributed by atoms with Crippen molar-refractivity contribution in [1.82, 2.24) is 14.6 Å². The molecule has 2 fully saturated rings. The molecular formula is C18H26N4S. The zero-order valence-electron chi connectivity index (χ0n) is 13.7. The predicted octanol–water partition coefficient (Wildman–Crippen LogP) is 2.81. The van der Waals surface area contributed by atoms with Crippen molar-refractivity contribution in [3.05, 3.63) is 24.3 Å². The summed E-state index contributed by atoms with van der Waals surface area (Å²) in [5.74, 6) is 2.09. The van der Waals surface area contributed by atoms with Crippen LogP contribution in [0.1, 0.15) is 19.3 Å². The number of hydrogen-bond acceptors (Lipinski definition) is 5. The van der Waals surface area contributed by atoms with E-state index >= 15 is 0 Å². The van der Waals surface area contributed by atoms with Gasteiger partial charge in [0, 0.05) is 31.6 Å². The summed E-state index contributed by atoms with van der Waals surface area (Å²) in [6.07, 6.45) is 4.12. The molecule has 1 atom stereocenters. The second kappa shape index (κ2) is 7.16. The summed E-state index contributed by atoms with van der Waals surface area (Å²) in [5, 5.41) is 4.85. The Morgan fingerprint density at radius 3 is 2.87 bits per heavy atom. The maximum atomic E-state index is 4.70. The Labute approximate surface area is 142 Å². The Kier molecular flexibility index (Phi) is 4.78. The minimum absolute atomic E-state index is 0.893. The van der Waals surface area contributed by atoms with Crippen LogP contribution in [0.3, 0.4) is 0 Å². The number of rotatable bonds is 4. The Morgan fingerprint density at radius 1 is 1.17 bits per heavy atom. The quantitative estimate of drug-likeness (QED) is 0.934. The third-order valence-electron chi connectivity index (χ3n) is 5.28. The van der Waals surface area contributed by atoms with Gasteiger partial charge in [0.25, 0.3) is 0 Å². The molecule has 0 unspecified atom stereocenters. The lowest BCUT2D eigenvalue weighted by atomic mass is 9.96. The summed E-state index contributed by atoms with van der Waals surface area (Å²) >= 11 is 1.63. The van der Waals surface area contributed by atoms with Crippen LogP contribution in [-0.4, -0.2) is 55.1 Å². The first kappa shape index (κ1) is 15.4. The molecule has 4 nitrogen and oxygen atoms in total. The minimum Gasteiger partial charge on any atom is -0.353 e. The molecule has 23 heavy (non-hydrogen) atoms. The summed E-state index contributed by atoms with van der Waals surface area (Å²) in [7, 11) is 0. The van der Waals surface area contributed by atoms with Crippen LogP contribution < -0.4 is 10.2 Å². The third kappa shape index (κ3) is 3.52. The highest BCUT2D eigenvalue weighted by molar-refractivity contribution is 7.13. The van der Waals surface area contributed by atoms with Crippen molar-refractivity contribution in [1.29, 1.82) is 0 Å². The molecule has 3 heterocycles. The van der Waals surface area contributed by atoms with Gasteiger partial charge in [0.15, 0.2) is 0 Å². The van der Waals surface area contributed by atoms with Gasteiger partial charge in [0.05, 0.1) is 4.70 Å². The zero-order valence-corrected chi connectivity index (χ0v) is 14.5. The Morgan fingerprint density at radius 2 is 2.04 bits per heavy atom. The van der Waals surface area contributed by atoms with Crippen molar-refractivity contribution in [2.24, 2.45) is 5.92 Å². The minimum atomic E-state index is 0.893. The number of nitrogens with one attached hydrogen (secondary N) is 1. The molecule has 124 valence electrons. The zero-order chi connectivity index (χ0) is 15.5. The SMILES string of the molecule is c1ccc2c(N3CCN(CC[C@@H]4CCCNC4)CC3)nsc2c1. The molecule has 0 aliphatic carbocycles. The van der Waals surface area contributed by atoms with Crippen molar-refractivity contribution in [2.75, 3.05) is 50.7 Å². The highest BCUT2D eigenvalue weighted by Gasteiger charge is 2.21. The van der Waals surface area contributed by atoms with E-state index in [1.165, 1.54) is 67.9 Å². The van der Waals surface area contributed by atoms with E-state index in [0.717, 1.165) is 19.0 Å². The number of anilines is 1. The van der Waals surface area contributed by atoms with Gasteiger partial charge in [-0.3, -0.25) is 4.90 Å². The molecule has 2 saturated heterocycles. The van der Waals surface area contributed by atoms with E-state index in [1.807, 2.05) is 0 Å². The van der Waals surface area contributed by atoms with Gasteiger partial charge in [-0.2, -0.15) is 4.37 Å². The summed E-state index contributed by atoms with van der Waals surface area (Å²) < 4.78 is 6.00. The van der Waals surface area contributed by atoms with Gasteiger partial charge in [-0.05, 0) is 68.5 Å². The fraction of sp³-hybridized carbons (Fsp3) is 0.611. The number of aromatic nitrogens is 1. The Bertz CT molecular complexity index is 627. The van der Waals surface area contributed by atoms with Crippen molar-refractivity contribution in [2.45, 2.75) is 19.3 Å². The number of piperidine rings is 1. The summed E-state index contributed by atoms with van der Waals surface area (Å²) in [5.41, 5.74) is 0. The van der Waals surface area contributed by atoms with Gasteiger partial charge >= 0.3 is 0 Å². The van der Waals surface area contributed by atoms with Crippen molar-refractivity contribution >= 4 is 27.4 Å². The van der Waals surface area contributed by atoms with Gasteiger partial charge in [-0.1, -0.05) is 12.1 Å². The van der Waals surface area contributed by atoms with E-state index in [1.54, 1.807) is 11.5 Å². The normalized spacial score (nSPS) is 23.5. The Hall–Kier alpha value is -1.17. The van der Waals surface area contributed by atoms with Crippen LogP contribution in [0, 0.1) is 5.92 Å². The fourth-order valence-corrected chi connectivity index (χ4v) is 4.62. The van der Waals surface area contributed by atoms with Crippen molar-refractivity contribution in [3.63, 3.8) is 0 Å². The van der Waals surface area contributed by atoms with Crippen LogP contribution >= 0.6 is 11.5 Å². The van der Waals surface area contributed by atoms with Crippen molar-refractivity contribution in [3.8, 4) is 0 Å². The molecule has 1 aromatic carbocycles. The number of benzene rings is 1. The maximum Gasteiger partial charge on any atom is 0.150 e. The highest BCUT2D eigenvalue weighted by atomic mass is 32.1. The molecule has 0 amide bonds. The molecule has 2 aliphatic heterocycles. The van der Waals surface area contributed by atoms with Crippen LogP contribution in [-0.2, 0) is 0 Å². The summed E-state index contributed by atoms with van der Waals surface area (Å²) in [6, 6.07) is 8.60. The number of piperazine rings is 1. The standard InChI is InChI=1S/C18H26N4S/c1-2-6-17-16(5-1)18(20-23-17)22-12-10-21(11-13-22)9-7-15-4-3-8-19-14-15/h1-2,5-6,15,19H,3-4,7-14H2/t15-/m0/s1. The number of fused-ring (bicyclic) bond motifs is 1. The highest BCUT2D eigenvalue weighted by Crippen LogP contribution is 2.29. The average molecular weight is 331 g/mol. The molecule has 0 saturated carbocycles. The van der Waals surface area contributed by atoms with E-state index in [0.29, 0.717) is 0 Å². The van der Waals surface area contributed by atoms with E-state index < -0.39 is 0 Å².